The quantitative estimate of drug-likeness (QED) is 0.738. The van der Waals surface area contributed by atoms with Crippen LogP contribution in [-0.2, 0) is 22.7 Å². The van der Waals surface area contributed by atoms with Crippen molar-refractivity contribution < 1.29 is 35.6 Å². The summed E-state index contributed by atoms with van der Waals surface area (Å²) >= 11 is 0. The van der Waals surface area contributed by atoms with Crippen LogP contribution in [0.15, 0.2) is 41.3 Å². The first-order chi connectivity index (χ1) is 14.0. The summed E-state index contributed by atoms with van der Waals surface area (Å²) in [4.78, 5) is 24.5. The van der Waals surface area contributed by atoms with Gasteiger partial charge in [-0.1, -0.05) is 6.07 Å². The highest BCUT2D eigenvalue weighted by molar-refractivity contribution is 7.90. The number of halogens is 4. The molecule has 2 amide bonds. The number of nitrogens with zero attached hydrogens (tertiary/aromatic N) is 1. The Morgan fingerprint density at radius 1 is 1.13 bits per heavy atom. The fraction of sp³-hybridized carbons (Fsp3) is 0.263. The predicted molar refractivity (Wildman–Crippen MR) is 95.4 cm³/mol. The Bertz CT molecular complexity index is 1170. The van der Waals surface area contributed by atoms with Gasteiger partial charge in [-0.05, 0) is 48.7 Å². The van der Waals surface area contributed by atoms with Gasteiger partial charge < -0.3 is 5.32 Å². The van der Waals surface area contributed by atoms with Gasteiger partial charge in [0.25, 0.3) is 21.8 Å². The van der Waals surface area contributed by atoms with Crippen LogP contribution in [0.2, 0.25) is 0 Å². The second-order valence-corrected chi connectivity index (χ2v) is 8.81. The SMILES string of the molecule is O=C(NCc1ccc(F)cc1C(F)(F)F)c1ccc2c(c1)S(=O)(=O)N(C1CC1)C2=O. The number of nitrogens with one attached hydrogen (secondary N) is 1. The van der Waals surface area contributed by atoms with Crippen molar-refractivity contribution in [2.45, 2.75) is 36.5 Å². The van der Waals surface area contributed by atoms with Gasteiger partial charge in [-0.2, -0.15) is 13.2 Å². The molecule has 1 aliphatic heterocycles. The van der Waals surface area contributed by atoms with Crippen LogP contribution in [0.4, 0.5) is 17.6 Å². The fourth-order valence-electron chi connectivity index (χ4n) is 3.30. The van der Waals surface area contributed by atoms with Gasteiger partial charge in [0.05, 0.1) is 11.1 Å². The zero-order valence-corrected chi connectivity index (χ0v) is 16.0. The molecule has 1 heterocycles. The van der Waals surface area contributed by atoms with E-state index in [9.17, 15) is 35.6 Å². The molecule has 0 bridgehead atoms. The summed E-state index contributed by atoms with van der Waals surface area (Å²) in [6, 6.07) is 5.19. The van der Waals surface area contributed by atoms with E-state index in [4.69, 9.17) is 0 Å². The van der Waals surface area contributed by atoms with Gasteiger partial charge in [0.1, 0.15) is 10.7 Å². The molecular formula is C19H14F4N2O4S. The molecule has 2 aromatic carbocycles. The van der Waals surface area contributed by atoms with Crippen molar-refractivity contribution in [1.29, 1.82) is 0 Å². The number of carbonyl (C=O) groups excluding carboxylic acids is 2. The molecule has 0 atom stereocenters. The number of rotatable bonds is 4. The lowest BCUT2D eigenvalue weighted by Crippen LogP contribution is -2.32. The van der Waals surface area contributed by atoms with Crippen molar-refractivity contribution in [2.24, 2.45) is 0 Å². The Labute approximate surface area is 168 Å². The van der Waals surface area contributed by atoms with Gasteiger partial charge in [0.15, 0.2) is 0 Å². The second kappa shape index (κ2) is 6.79. The number of sulfonamides is 1. The lowest BCUT2D eigenvalue weighted by Gasteiger charge is -2.14. The van der Waals surface area contributed by atoms with Gasteiger partial charge in [-0.3, -0.25) is 9.59 Å². The van der Waals surface area contributed by atoms with E-state index in [-0.39, 0.29) is 27.6 Å². The number of fused-ring (bicyclic) bond motifs is 1. The van der Waals surface area contributed by atoms with Gasteiger partial charge in [-0.15, -0.1) is 0 Å². The lowest BCUT2D eigenvalue weighted by atomic mass is 10.1. The number of alkyl halides is 3. The van der Waals surface area contributed by atoms with Gasteiger partial charge in [-0.25, -0.2) is 17.1 Å². The summed E-state index contributed by atoms with van der Waals surface area (Å²) in [7, 11) is -4.07. The Hall–Kier alpha value is -2.95. The number of carbonyl (C=O) groups is 2. The Morgan fingerprint density at radius 3 is 2.47 bits per heavy atom. The van der Waals surface area contributed by atoms with Crippen molar-refractivity contribution in [1.82, 2.24) is 9.62 Å². The maximum Gasteiger partial charge on any atom is 0.416 e. The van der Waals surface area contributed by atoms with Gasteiger partial charge in [0.2, 0.25) is 0 Å². The highest BCUT2D eigenvalue weighted by Gasteiger charge is 2.48. The molecule has 11 heteroatoms. The molecule has 0 spiro atoms. The Morgan fingerprint density at radius 2 is 1.83 bits per heavy atom. The standard InChI is InChI=1S/C19H14F4N2O4S/c20-12-3-1-11(15(8-12)19(21,22)23)9-24-17(26)10-2-6-14-16(7-10)30(28,29)25(18(14)27)13-4-5-13/h1-3,6-8,13H,4-5,9H2,(H,24,26). The molecule has 0 radical (unpaired) electrons. The molecule has 2 aromatic rings. The fourth-order valence-corrected chi connectivity index (χ4v) is 5.14. The number of benzene rings is 2. The van der Waals surface area contributed by atoms with Crippen LogP contribution >= 0.6 is 0 Å². The average molecular weight is 442 g/mol. The van der Waals surface area contributed by atoms with Gasteiger partial charge in [0, 0.05) is 18.2 Å². The first-order valence-corrected chi connectivity index (χ1v) is 10.3. The maximum atomic E-state index is 13.2. The minimum absolute atomic E-state index is 0.0451. The summed E-state index contributed by atoms with van der Waals surface area (Å²) in [6.07, 6.45) is -3.66. The predicted octanol–water partition coefficient (Wildman–Crippen LogP) is 3.08. The van der Waals surface area contributed by atoms with Crippen molar-refractivity contribution in [3.05, 3.63) is 64.5 Å². The van der Waals surface area contributed by atoms with E-state index in [2.05, 4.69) is 5.32 Å². The molecule has 0 aromatic heterocycles. The third-order valence-corrected chi connectivity index (χ3v) is 6.78. The molecule has 158 valence electrons. The third-order valence-electron chi connectivity index (χ3n) is 4.91. The molecule has 1 aliphatic carbocycles. The van der Waals surface area contributed by atoms with E-state index < -0.39 is 45.9 Å². The number of amides is 2. The Balaban J connectivity index is 1.57. The van der Waals surface area contributed by atoms with Crippen LogP contribution in [0, 0.1) is 5.82 Å². The van der Waals surface area contributed by atoms with Crippen LogP contribution in [0.3, 0.4) is 0 Å². The summed E-state index contributed by atoms with van der Waals surface area (Å²) in [6.45, 7) is -0.551. The molecule has 1 fully saturated rings. The first-order valence-electron chi connectivity index (χ1n) is 8.87. The molecule has 4 rings (SSSR count). The molecule has 1 N–H and O–H groups in total. The van der Waals surface area contributed by atoms with Crippen molar-refractivity contribution in [3.8, 4) is 0 Å². The maximum absolute atomic E-state index is 13.2. The zero-order chi connectivity index (χ0) is 21.8. The average Bonchev–Trinajstić information content (AvgIpc) is 3.47. The van der Waals surface area contributed by atoms with Crippen LogP contribution in [0.5, 0.6) is 0 Å². The lowest BCUT2D eigenvalue weighted by molar-refractivity contribution is -0.138. The third kappa shape index (κ3) is 3.42. The van der Waals surface area contributed by atoms with E-state index in [0.717, 1.165) is 22.5 Å². The van der Waals surface area contributed by atoms with E-state index in [1.54, 1.807) is 0 Å². The minimum Gasteiger partial charge on any atom is -0.348 e. The normalized spacial score (nSPS) is 17.7. The summed E-state index contributed by atoms with van der Waals surface area (Å²) in [5.74, 6) is -2.55. The largest absolute Gasteiger partial charge is 0.416 e. The molecule has 0 unspecified atom stereocenters. The molecule has 6 nitrogen and oxygen atoms in total. The number of hydrogen-bond donors (Lipinski definition) is 1. The molecule has 30 heavy (non-hydrogen) atoms. The molecular weight excluding hydrogens is 428 g/mol. The number of hydrogen-bond acceptors (Lipinski definition) is 4. The zero-order valence-electron chi connectivity index (χ0n) is 15.2. The van der Waals surface area contributed by atoms with Gasteiger partial charge >= 0.3 is 6.18 Å². The highest BCUT2D eigenvalue weighted by atomic mass is 32.2. The van der Waals surface area contributed by atoms with Crippen LogP contribution in [0.1, 0.15) is 44.7 Å². The minimum atomic E-state index is -4.81. The monoisotopic (exact) mass is 442 g/mol. The molecule has 0 saturated heterocycles. The Kier molecular flexibility index (Phi) is 4.60. The summed E-state index contributed by atoms with van der Waals surface area (Å²) in [5, 5.41) is 2.27. The van der Waals surface area contributed by atoms with Crippen molar-refractivity contribution in [2.75, 3.05) is 0 Å². The van der Waals surface area contributed by atoms with E-state index >= 15 is 0 Å². The van der Waals surface area contributed by atoms with Crippen LogP contribution in [0.25, 0.3) is 0 Å². The summed E-state index contributed by atoms with van der Waals surface area (Å²) < 4.78 is 78.5. The topological polar surface area (TPSA) is 83.6 Å². The van der Waals surface area contributed by atoms with Crippen molar-refractivity contribution in [3.63, 3.8) is 0 Å². The molecule has 2 aliphatic rings. The van der Waals surface area contributed by atoms with Crippen molar-refractivity contribution >= 4 is 21.8 Å². The van der Waals surface area contributed by atoms with Crippen LogP contribution < -0.4 is 5.32 Å². The van der Waals surface area contributed by atoms with E-state index in [0.29, 0.717) is 18.9 Å². The van der Waals surface area contributed by atoms with Crippen LogP contribution in [-0.4, -0.2) is 30.6 Å². The van der Waals surface area contributed by atoms with E-state index in [1.165, 1.54) is 12.1 Å². The first kappa shape index (κ1) is 20.3. The second-order valence-electron chi connectivity index (χ2n) is 7.03. The smallest absolute Gasteiger partial charge is 0.348 e. The summed E-state index contributed by atoms with van der Waals surface area (Å²) in [5.41, 5.74) is -1.74. The molecule has 1 saturated carbocycles. The van der Waals surface area contributed by atoms with E-state index in [1.807, 2.05) is 0 Å². The highest BCUT2D eigenvalue weighted by Crippen LogP contribution is 2.39.